The number of benzene rings is 3. The van der Waals surface area contributed by atoms with E-state index in [2.05, 4.69) is 11.1 Å². The lowest BCUT2D eigenvalue weighted by Crippen LogP contribution is -2.01. The predicted molar refractivity (Wildman–Crippen MR) is 116 cm³/mol. The Kier molecular flexibility index (Phi) is 4.93. The number of nitrogen functional groups attached to an aromatic ring is 1. The first-order valence-corrected chi connectivity index (χ1v) is 9.19. The second-order valence-corrected chi connectivity index (χ2v) is 6.64. The molecule has 4 aromatic rings. The van der Waals surface area contributed by atoms with Crippen LogP contribution in [-0.2, 0) is 0 Å². The zero-order chi connectivity index (χ0) is 21.1. The van der Waals surface area contributed by atoms with Crippen LogP contribution in [0.2, 0.25) is 0 Å². The number of nitrogens with zero attached hydrogens (tertiary/aromatic N) is 3. The zero-order valence-corrected chi connectivity index (χ0v) is 15.8. The summed E-state index contributed by atoms with van der Waals surface area (Å²) in [5.41, 5.74) is 10.4. The summed E-state index contributed by atoms with van der Waals surface area (Å²) in [7, 11) is 0. The topological polar surface area (TPSA) is 106 Å². The molecule has 0 amide bonds. The van der Waals surface area contributed by atoms with Gasteiger partial charge in [-0.05, 0) is 28.8 Å². The molecule has 0 unspecified atom stereocenters. The van der Waals surface area contributed by atoms with Gasteiger partial charge in [0.25, 0.3) is 5.69 Å². The van der Waals surface area contributed by atoms with Gasteiger partial charge in [-0.15, -0.1) is 0 Å². The Hall–Kier alpha value is -4.50. The summed E-state index contributed by atoms with van der Waals surface area (Å²) in [5.74, 6) is 0.0373. The van der Waals surface area contributed by atoms with E-state index < -0.39 is 4.92 Å². The SMILES string of the molecule is N#Cc1c(-c2ccc(-c3ccccc3)cc2)cc(-c2ccccc2[N+](=O)[O-])nc1N. The van der Waals surface area contributed by atoms with Crippen molar-refractivity contribution in [2.45, 2.75) is 0 Å². The number of nitrogens with two attached hydrogens (primary N) is 1. The maximum Gasteiger partial charge on any atom is 0.278 e. The summed E-state index contributed by atoms with van der Waals surface area (Å²) in [6, 6.07) is 27.8. The summed E-state index contributed by atoms with van der Waals surface area (Å²) in [4.78, 5) is 15.2. The number of nitro benzene ring substituents is 1. The standard InChI is InChI=1S/C24H16N4O2/c25-15-21-20(18-12-10-17(11-13-18)16-6-2-1-3-7-16)14-22(27-24(21)26)19-8-4-5-9-23(19)28(29)30/h1-14H,(H2,26,27). The van der Waals surface area contributed by atoms with Crippen LogP contribution in [0.3, 0.4) is 0 Å². The number of nitriles is 1. The van der Waals surface area contributed by atoms with Gasteiger partial charge in [-0.25, -0.2) is 4.98 Å². The van der Waals surface area contributed by atoms with Crippen LogP contribution >= 0.6 is 0 Å². The summed E-state index contributed by atoms with van der Waals surface area (Å²) in [6.07, 6.45) is 0. The van der Waals surface area contributed by atoms with Crippen molar-refractivity contribution < 1.29 is 4.92 Å². The van der Waals surface area contributed by atoms with Crippen molar-refractivity contribution in [3.63, 3.8) is 0 Å². The molecule has 6 heteroatoms. The van der Waals surface area contributed by atoms with Gasteiger partial charge in [0.05, 0.1) is 16.2 Å². The van der Waals surface area contributed by atoms with E-state index in [4.69, 9.17) is 5.73 Å². The van der Waals surface area contributed by atoms with E-state index in [1.165, 1.54) is 6.07 Å². The third-order valence-electron chi connectivity index (χ3n) is 4.84. The summed E-state index contributed by atoms with van der Waals surface area (Å²) in [6.45, 7) is 0. The molecule has 1 aromatic heterocycles. The molecule has 1 heterocycles. The van der Waals surface area contributed by atoms with Gasteiger partial charge in [0, 0.05) is 11.6 Å². The third-order valence-corrected chi connectivity index (χ3v) is 4.84. The van der Waals surface area contributed by atoms with Crippen LogP contribution in [0, 0.1) is 21.4 Å². The molecule has 0 saturated carbocycles. The Morgan fingerprint density at radius 2 is 1.43 bits per heavy atom. The van der Waals surface area contributed by atoms with Crippen LogP contribution in [0.15, 0.2) is 84.9 Å². The van der Waals surface area contributed by atoms with Crippen LogP contribution in [0.5, 0.6) is 0 Å². The van der Waals surface area contributed by atoms with Crippen molar-refractivity contribution in [3.05, 3.63) is 101 Å². The first-order chi connectivity index (χ1) is 14.6. The molecule has 0 atom stereocenters. The second kappa shape index (κ2) is 7.86. The van der Waals surface area contributed by atoms with Crippen molar-refractivity contribution in [1.82, 2.24) is 4.98 Å². The van der Waals surface area contributed by atoms with E-state index in [1.807, 2.05) is 54.6 Å². The Morgan fingerprint density at radius 1 is 0.833 bits per heavy atom. The molecule has 4 rings (SSSR count). The maximum atomic E-state index is 11.4. The Morgan fingerprint density at radius 3 is 2.10 bits per heavy atom. The largest absolute Gasteiger partial charge is 0.383 e. The lowest BCUT2D eigenvalue weighted by atomic mass is 9.96. The molecule has 0 spiro atoms. The van der Waals surface area contributed by atoms with Gasteiger partial charge >= 0.3 is 0 Å². The van der Waals surface area contributed by atoms with Gasteiger partial charge in [-0.1, -0.05) is 66.7 Å². The van der Waals surface area contributed by atoms with Gasteiger partial charge in [0.1, 0.15) is 17.5 Å². The zero-order valence-electron chi connectivity index (χ0n) is 15.8. The maximum absolute atomic E-state index is 11.4. The number of nitro groups is 1. The highest BCUT2D eigenvalue weighted by Gasteiger charge is 2.19. The van der Waals surface area contributed by atoms with Crippen molar-refractivity contribution in [2.24, 2.45) is 0 Å². The minimum Gasteiger partial charge on any atom is -0.383 e. The van der Waals surface area contributed by atoms with Crippen LogP contribution in [-0.4, -0.2) is 9.91 Å². The Bertz CT molecular complexity index is 1280. The molecule has 0 radical (unpaired) electrons. The lowest BCUT2D eigenvalue weighted by Gasteiger charge is -2.11. The molecule has 0 aliphatic rings. The highest BCUT2D eigenvalue weighted by molar-refractivity contribution is 5.83. The average Bonchev–Trinajstić information content (AvgIpc) is 2.79. The van der Waals surface area contributed by atoms with Gasteiger partial charge < -0.3 is 5.73 Å². The fourth-order valence-corrected chi connectivity index (χ4v) is 3.37. The van der Waals surface area contributed by atoms with E-state index in [1.54, 1.807) is 24.3 Å². The second-order valence-electron chi connectivity index (χ2n) is 6.64. The minimum atomic E-state index is -0.459. The van der Waals surface area contributed by atoms with Crippen LogP contribution in [0.1, 0.15) is 5.56 Å². The molecular formula is C24H16N4O2. The highest BCUT2D eigenvalue weighted by Crippen LogP contribution is 2.35. The number of anilines is 1. The van der Waals surface area contributed by atoms with E-state index in [0.717, 1.165) is 16.7 Å². The van der Waals surface area contributed by atoms with Gasteiger partial charge in [-0.2, -0.15) is 5.26 Å². The van der Waals surface area contributed by atoms with Gasteiger partial charge in [-0.3, -0.25) is 10.1 Å². The number of rotatable bonds is 4. The smallest absolute Gasteiger partial charge is 0.278 e. The quantitative estimate of drug-likeness (QED) is 0.367. The van der Waals surface area contributed by atoms with Crippen molar-refractivity contribution in [2.75, 3.05) is 5.73 Å². The number of hydrogen-bond acceptors (Lipinski definition) is 5. The van der Waals surface area contributed by atoms with Gasteiger partial charge in [0.2, 0.25) is 0 Å². The first kappa shape index (κ1) is 18.8. The molecule has 3 aromatic carbocycles. The van der Waals surface area contributed by atoms with Crippen LogP contribution in [0.25, 0.3) is 33.5 Å². The predicted octanol–water partition coefficient (Wildman–Crippen LogP) is 5.44. The fraction of sp³-hybridized carbons (Fsp3) is 0. The van der Waals surface area contributed by atoms with Crippen LogP contribution < -0.4 is 5.73 Å². The van der Waals surface area contributed by atoms with E-state index >= 15 is 0 Å². The fourth-order valence-electron chi connectivity index (χ4n) is 3.37. The average molecular weight is 392 g/mol. The molecule has 2 N–H and O–H groups in total. The number of pyridine rings is 1. The number of aromatic nitrogens is 1. The molecule has 0 aliphatic heterocycles. The number of hydrogen-bond donors (Lipinski definition) is 1. The van der Waals surface area contributed by atoms with Gasteiger partial charge in [0.15, 0.2) is 0 Å². The van der Waals surface area contributed by atoms with Crippen molar-refractivity contribution in [3.8, 4) is 39.6 Å². The molecular weight excluding hydrogens is 376 g/mol. The van der Waals surface area contributed by atoms with Crippen LogP contribution in [0.4, 0.5) is 11.5 Å². The molecule has 144 valence electrons. The minimum absolute atomic E-state index is 0.0373. The molecule has 6 nitrogen and oxygen atoms in total. The molecule has 0 bridgehead atoms. The van der Waals surface area contributed by atoms with E-state index in [0.29, 0.717) is 16.8 Å². The summed E-state index contributed by atoms with van der Waals surface area (Å²) < 4.78 is 0. The third kappa shape index (κ3) is 3.48. The van der Waals surface area contributed by atoms with E-state index in [9.17, 15) is 15.4 Å². The molecule has 0 aliphatic carbocycles. The summed E-state index contributed by atoms with van der Waals surface area (Å²) in [5, 5.41) is 21.0. The van der Waals surface area contributed by atoms with Crippen molar-refractivity contribution >= 4 is 11.5 Å². The molecule has 0 fully saturated rings. The molecule has 30 heavy (non-hydrogen) atoms. The first-order valence-electron chi connectivity index (χ1n) is 9.19. The summed E-state index contributed by atoms with van der Waals surface area (Å²) >= 11 is 0. The molecule has 0 saturated heterocycles. The highest BCUT2D eigenvalue weighted by atomic mass is 16.6. The Labute approximate surface area is 173 Å². The monoisotopic (exact) mass is 392 g/mol. The van der Waals surface area contributed by atoms with Crippen molar-refractivity contribution in [1.29, 1.82) is 5.26 Å². The Balaban J connectivity index is 1.85. The normalized spacial score (nSPS) is 10.4. The lowest BCUT2D eigenvalue weighted by molar-refractivity contribution is -0.384. The van der Waals surface area contributed by atoms with E-state index in [-0.39, 0.29) is 17.1 Å². The number of para-hydroxylation sites is 1.